The average Bonchev–Trinajstić information content (AvgIpc) is 2.85. The highest BCUT2D eigenvalue weighted by Gasteiger charge is 2.33. The number of nitrogens with one attached hydrogen (secondary N) is 1. The molecule has 9 heteroatoms. The third-order valence-corrected chi connectivity index (χ3v) is 6.28. The van der Waals surface area contributed by atoms with Gasteiger partial charge in [0.25, 0.3) is 0 Å². The molecule has 1 amide bonds. The first-order valence-electron chi connectivity index (χ1n) is 12.5. The van der Waals surface area contributed by atoms with Crippen molar-refractivity contribution in [3.63, 3.8) is 0 Å². The van der Waals surface area contributed by atoms with Crippen molar-refractivity contribution in [3.8, 4) is 0 Å². The lowest BCUT2D eigenvalue weighted by atomic mass is 9.84. The molecule has 0 saturated heterocycles. The lowest BCUT2D eigenvalue weighted by molar-refractivity contribution is -0.150. The number of hydrogen-bond acceptors (Lipinski definition) is 7. The molecule has 0 radical (unpaired) electrons. The van der Waals surface area contributed by atoms with E-state index in [9.17, 15) is 14.4 Å². The van der Waals surface area contributed by atoms with Gasteiger partial charge in [0.1, 0.15) is 6.61 Å². The van der Waals surface area contributed by atoms with Crippen LogP contribution in [0.1, 0.15) is 70.8 Å². The zero-order chi connectivity index (χ0) is 24.8. The number of benzene rings is 1. The molecule has 0 bridgehead atoms. The van der Waals surface area contributed by atoms with Crippen molar-refractivity contribution >= 4 is 35.0 Å². The summed E-state index contributed by atoms with van der Waals surface area (Å²) in [5, 5.41) is 2.82. The number of rotatable bonds is 7. The van der Waals surface area contributed by atoms with Crippen LogP contribution in [0.3, 0.4) is 0 Å². The van der Waals surface area contributed by atoms with Gasteiger partial charge in [-0.2, -0.15) is 0 Å². The summed E-state index contributed by atoms with van der Waals surface area (Å²) in [5.41, 5.74) is 6.74. The summed E-state index contributed by atoms with van der Waals surface area (Å²) < 4.78 is 15.2. The summed E-state index contributed by atoms with van der Waals surface area (Å²) in [6.07, 6.45) is 7.16. The van der Waals surface area contributed by atoms with Gasteiger partial charge in [-0.1, -0.05) is 56.0 Å². The largest absolute Gasteiger partial charge is 0.466 e. The van der Waals surface area contributed by atoms with Crippen LogP contribution in [0.2, 0.25) is 0 Å². The van der Waals surface area contributed by atoms with Crippen LogP contribution in [0.25, 0.3) is 0 Å². The third kappa shape index (κ3) is 11.0. The minimum absolute atomic E-state index is 0. The molecule has 198 valence electrons. The number of esters is 2. The number of alkyl carbamates (subject to hydrolysis) is 1. The summed E-state index contributed by atoms with van der Waals surface area (Å²) in [6.45, 7) is 4.66. The highest BCUT2D eigenvalue weighted by Crippen LogP contribution is 2.26. The van der Waals surface area contributed by atoms with Gasteiger partial charge in [0.05, 0.1) is 25.0 Å². The molecule has 0 aliphatic heterocycles. The summed E-state index contributed by atoms with van der Waals surface area (Å²) in [7, 11) is 0. The van der Waals surface area contributed by atoms with E-state index in [1.165, 1.54) is 0 Å². The Morgan fingerprint density at radius 3 is 1.97 bits per heavy atom. The van der Waals surface area contributed by atoms with E-state index in [2.05, 4.69) is 5.32 Å². The maximum atomic E-state index is 12.0. The molecule has 2 aliphatic carbocycles. The molecular formula is C26H41BrN2O6. The van der Waals surface area contributed by atoms with Crippen LogP contribution < -0.4 is 11.1 Å². The summed E-state index contributed by atoms with van der Waals surface area (Å²) >= 11 is 0. The van der Waals surface area contributed by atoms with Crippen LogP contribution >= 0.6 is 17.0 Å². The van der Waals surface area contributed by atoms with Crippen molar-refractivity contribution in [1.29, 1.82) is 0 Å². The van der Waals surface area contributed by atoms with E-state index in [0.717, 1.165) is 56.9 Å². The Morgan fingerprint density at radius 2 is 1.37 bits per heavy atom. The van der Waals surface area contributed by atoms with Crippen LogP contribution in [0.5, 0.6) is 0 Å². The maximum absolute atomic E-state index is 12.0. The van der Waals surface area contributed by atoms with Gasteiger partial charge in [0.15, 0.2) is 0 Å². The third-order valence-electron chi connectivity index (χ3n) is 6.28. The smallest absolute Gasteiger partial charge is 0.407 e. The maximum Gasteiger partial charge on any atom is 0.407 e. The number of hydrogen-bond donors (Lipinski definition) is 2. The summed E-state index contributed by atoms with van der Waals surface area (Å²) in [4.78, 5) is 35.2. The van der Waals surface area contributed by atoms with Gasteiger partial charge < -0.3 is 25.3 Å². The van der Waals surface area contributed by atoms with Crippen molar-refractivity contribution in [2.24, 2.45) is 17.6 Å². The fourth-order valence-electron chi connectivity index (χ4n) is 4.45. The Morgan fingerprint density at radius 1 is 0.829 bits per heavy atom. The Hall–Kier alpha value is -2.13. The molecule has 8 nitrogen and oxygen atoms in total. The van der Waals surface area contributed by atoms with Crippen molar-refractivity contribution in [2.75, 3.05) is 13.2 Å². The molecule has 0 spiro atoms. The molecule has 1 aromatic carbocycles. The number of amides is 1. The van der Waals surface area contributed by atoms with Crippen LogP contribution in [0.15, 0.2) is 30.3 Å². The SMILES string of the molecule is Br.CCOC(=O)[C@@H]1CCCC[C@@H]1N.CCOC(=O)[C@@H]1CCCC[C@@H]1NC(=O)OCc1ccccc1. The van der Waals surface area contributed by atoms with Gasteiger partial charge in [-0.3, -0.25) is 9.59 Å². The first kappa shape index (κ1) is 30.9. The molecule has 0 heterocycles. The lowest BCUT2D eigenvalue weighted by Gasteiger charge is -2.30. The van der Waals surface area contributed by atoms with Crippen LogP contribution in [-0.2, 0) is 30.4 Å². The summed E-state index contributed by atoms with van der Waals surface area (Å²) in [6, 6.07) is 9.33. The molecular weight excluding hydrogens is 516 g/mol. The van der Waals surface area contributed by atoms with E-state index in [1.54, 1.807) is 6.92 Å². The number of nitrogens with two attached hydrogens (primary N) is 1. The molecule has 0 unspecified atom stereocenters. The highest BCUT2D eigenvalue weighted by atomic mass is 79.9. The van der Waals surface area contributed by atoms with E-state index in [-0.39, 0.29) is 59.4 Å². The molecule has 3 rings (SSSR count). The molecule has 4 atom stereocenters. The Labute approximate surface area is 219 Å². The van der Waals surface area contributed by atoms with E-state index in [4.69, 9.17) is 19.9 Å². The molecule has 35 heavy (non-hydrogen) atoms. The number of carbonyl (C=O) groups excluding carboxylic acids is 3. The van der Waals surface area contributed by atoms with Crippen LogP contribution in [0, 0.1) is 11.8 Å². The highest BCUT2D eigenvalue weighted by molar-refractivity contribution is 8.93. The first-order chi connectivity index (χ1) is 16.5. The number of halogens is 1. The predicted molar refractivity (Wildman–Crippen MR) is 139 cm³/mol. The van der Waals surface area contributed by atoms with Crippen molar-refractivity contribution in [2.45, 2.75) is 83.9 Å². The van der Waals surface area contributed by atoms with E-state index in [0.29, 0.717) is 13.2 Å². The first-order valence-corrected chi connectivity index (χ1v) is 12.5. The van der Waals surface area contributed by atoms with Gasteiger partial charge in [0, 0.05) is 12.1 Å². The van der Waals surface area contributed by atoms with Crippen LogP contribution in [-0.4, -0.2) is 43.3 Å². The Balaban J connectivity index is 0.000000401. The van der Waals surface area contributed by atoms with E-state index < -0.39 is 6.09 Å². The van der Waals surface area contributed by atoms with E-state index >= 15 is 0 Å². The second-order valence-corrected chi connectivity index (χ2v) is 8.76. The topological polar surface area (TPSA) is 117 Å². The standard InChI is InChI=1S/C17H23NO4.C9H17NO2.BrH/c1-2-21-16(19)14-10-6-7-11-15(14)18-17(20)22-12-13-8-4-3-5-9-13;1-2-12-9(11)7-5-3-4-6-8(7)10;/h3-5,8-9,14-15H,2,6-7,10-12H2,1H3,(H,18,20);7-8H,2-6,10H2,1H3;1H/t14-,15+;7-,8+;/m11./s1. The molecule has 2 fully saturated rings. The van der Waals surface area contributed by atoms with Crippen molar-refractivity contribution in [3.05, 3.63) is 35.9 Å². The Kier molecular flexibility index (Phi) is 15.3. The van der Waals surface area contributed by atoms with Gasteiger partial charge in [-0.15, -0.1) is 17.0 Å². The Bertz CT molecular complexity index is 763. The van der Waals surface area contributed by atoms with Crippen molar-refractivity contribution in [1.82, 2.24) is 5.32 Å². The molecule has 3 N–H and O–H groups in total. The number of carbonyl (C=O) groups is 3. The fourth-order valence-corrected chi connectivity index (χ4v) is 4.45. The molecule has 2 aliphatic rings. The number of ether oxygens (including phenoxy) is 3. The lowest BCUT2D eigenvalue weighted by Crippen LogP contribution is -2.45. The normalized spacial score (nSPS) is 23.4. The average molecular weight is 558 g/mol. The fraction of sp³-hybridized carbons (Fsp3) is 0.654. The molecule has 2 saturated carbocycles. The zero-order valence-electron chi connectivity index (χ0n) is 20.9. The minimum Gasteiger partial charge on any atom is -0.466 e. The van der Waals surface area contributed by atoms with Gasteiger partial charge in [0.2, 0.25) is 0 Å². The van der Waals surface area contributed by atoms with E-state index in [1.807, 2.05) is 37.3 Å². The van der Waals surface area contributed by atoms with Crippen molar-refractivity contribution < 1.29 is 28.6 Å². The van der Waals surface area contributed by atoms with Gasteiger partial charge in [-0.25, -0.2) is 4.79 Å². The minimum atomic E-state index is -0.481. The predicted octanol–water partition coefficient (Wildman–Crippen LogP) is 4.68. The summed E-state index contributed by atoms with van der Waals surface area (Å²) in [5.74, 6) is -0.642. The quantitative estimate of drug-likeness (QED) is 0.369. The van der Waals surface area contributed by atoms with Crippen LogP contribution in [0.4, 0.5) is 4.79 Å². The second kappa shape index (κ2) is 17.3. The second-order valence-electron chi connectivity index (χ2n) is 8.76. The van der Waals surface area contributed by atoms with Gasteiger partial charge in [-0.05, 0) is 45.1 Å². The monoisotopic (exact) mass is 556 g/mol. The molecule has 1 aromatic rings. The molecule has 0 aromatic heterocycles. The zero-order valence-corrected chi connectivity index (χ0v) is 22.6. The van der Waals surface area contributed by atoms with Gasteiger partial charge >= 0.3 is 18.0 Å².